The molecule has 1 aliphatic rings. The van der Waals surface area contributed by atoms with Gasteiger partial charge in [-0.3, -0.25) is 9.59 Å². The predicted molar refractivity (Wildman–Crippen MR) is 64.4 cm³/mol. The smallest absolute Gasteiger partial charge is 0.310 e. The van der Waals surface area contributed by atoms with Gasteiger partial charge in [0.15, 0.2) is 0 Å². The summed E-state index contributed by atoms with van der Waals surface area (Å²) in [7, 11) is 0. The predicted octanol–water partition coefficient (Wildman–Crippen LogP) is 0.731. The molecule has 98 valence electrons. The average molecular weight is 242 g/mol. The summed E-state index contributed by atoms with van der Waals surface area (Å²) in [5.41, 5.74) is 4.85. The normalized spacial score (nSPS) is 25.4. The molecule has 0 aromatic carbocycles. The Morgan fingerprint density at radius 3 is 2.29 bits per heavy atom. The van der Waals surface area contributed by atoms with E-state index in [1.54, 1.807) is 13.8 Å². The molecule has 1 fully saturated rings. The Morgan fingerprint density at radius 1 is 1.29 bits per heavy atom. The summed E-state index contributed by atoms with van der Waals surface area (Å²) in [5.74, 6) is -0.936. The highest BCUT2D eigenvalue weighted by molar-refractivity contribution is 5.80. The van der Waals surface area contributed by atoms with Crippen LogP contribution in [0.2, 0.25) is 0 Å². The lowest BCUT2D eigenvalue weighted by Gasteiger charge is -2.27. The third kappa shape index (κ3) is 4.00. The van der Waals surface area contributed by atoms with Gasteiger partial charge in [-0.2, -0.15) is 0 Å². The Balaban J connectivity index is 2.37. The van der Waals surface area contributed by atoms with Gasteiger partial charge in [0.25, 0.3) is 0 Å². The van der Waals surface area contributed by atoms with Crippen molar-refractivity contribution < 1.29 is 14.7 Å². The van der Waals surface area contributed by atoms with Gasteiger partial charge in [-0.15, -0.1) is 0 Å². The number of hydrogen-bond acceptors (Lipinski definition) is 3. The number of rotatable bonds is 4. The number of nitrogens with two attached hydrogens (primary N) is 1. The van der Waals surface area contributed by atoms with Gasteiger partial charge in [-0.1, -0.05) is 0 Å². The van der Waals surface area contributed by atoms with Gasteiger partial charge in [0, 0.05) is 18.5 Å². The number of hydrogen-bond donors (Lipinski definition) is 3. The van der Waals surface area contributed by atoms with Crippen molar-refractivity contribution in [1.29, 1.82) is 0 Å². The summed E-state index contributed by atoms with van der Waals surface area (Å²) in [6, 6.07) is 0.217. The SMILES string of the molecule is CC(C)(CNC(=O)C1CCC(N)CC1)C(=O)O. The molecule has 0 spiro atoms. The summed E-state index contributed by atoms with van der Waals surface area (Å²) in [6.45, 7) is 3.38. The van der Waals surface area contributed by atoms with Gasteiger partial charge in [-0.05, 0) is 39.5 Å². The molecule has 4 N–H and O–H groups in total. The number of nitrogens with one attached hydrogen (secondary N) is 1. The Bertz CT molecular complexity index is 294. The molecular formula is C12H22N2O3. The van der Waals surface area contributed by atoms with Crippen LogP contribution in [0.1, 0.15) is 39.5 Å². The van der Waals surface area contributed by atoms with E-state index in [0.717, 1.165) is 25.7 Å². The Morgan fingerprint density at radius 2 is 1.82 bits per heavy atom. The monoisotopic (exact) mass is 242 g/mol. The van der Waals surface area contributed by atoms with Crippen molar-refractivity contribution in [3.63, 3.8) is 0 Å². The van der Waals surface area contributed by atoms with E-state index < -0.39 is 11.4 Å². The molecular weight excluding hydrogens is 220 g/mol. The zero-order valence-corrected chi connectivity index (χ0v) is 10.5. The Hall–Kier alpha value is -1.10. The van der Waals surface area contributed by atoms with Crippen molar-refractivity contribution in [2.45, 2.75) is 45.6 Å². The first-order valence-electron chi connectivity index (χ1n) is 6.09. The lowest BCUT2D eigenvalue weighted by atomic mass is 9.85. The van der Waals surface area contributed by atoms with Crippen LogP contribution < -0.4 is 11.1 Å². The molecule has 17 heavy (non-hydrogen) atoms. The number of carbonyl (C=O) groups excluding carboxylic acids is 1. The molecule has 5 nitrogen and oxygen atoms in total. The maximum atomic E-state index is 11.8. The van der Waals surface area contributed by atoms with Crippen LogP contribution in [0.4, 0.5) is 0 Å². The van der Waals surface area contributed by atoms with Crippen molar-refractivity contribution in [1.82, 2.24) is 5.32 Å². The highest BCUT2D eigenvalue weighted by Gasteiger charge is 2.30. The van der Waals surface area contributed by atoms with Gasteiger partial charge in [0.05, 0.1) is 5.41 Å². The first-order chi connectivity index (χ1) is 7.83. The lowest BCUT2D eigenvalue weighted by Crippen LogP contribution is -2.42. The fourth-order valence-electron chi connectivity index (χ4n) is 1.91. The lowest BCUT2D eigenvalue weighted by molar-refractivity contribution is -0.146. The van der Waals surface area contributed by atoms with E-state index in [-0.39, 0.29) is 24.4 Å². The summed E-state index contributed by atoms with van der Waals surface area (Å²) in [6.07, 6.45) is 3.36. The van der Waals surface area contributed by atoms with Crippen LogP contribution >= 0.6 is 0 Å². The number of carbonyl (C=O) groups is 2. The first-order valence-corrected chi connectivity index (χ1v) is 6.09. The minimum absolute atomic E-state index is 0.000560. The maximum Gasteiger partial charge on any atom is 0.310 e. The molecule has 0 unspecified atom stereocenters. The van der Waals surface area contributed by atoms with Crippen molar-refractivity contribution >= 4 is 11.9 Å². The molecule has 0 aromatic rings. The minimum Gasteiger partial charge on any atom is -0.481 e. The van der Waals surface area contributed by atoms with Gasteiger partial charge in [0.1, 0.15) is 0 Å². The molecule has 0 aromatic heterocycles. The summed E-state index contributed by atoms with van der Waals surface area (Å²) < 4.78 is 0. The van der Waals surface area contributed by atoms with E-state index >= 15 is 0 Å². The van der Waals surface area contributed by atoms with Crippen LogP contribution in [0.5, 0.6) is 0 Å². The molecule has 0 atom stereocenters. The summed E-state index contributed by atoms with van der Waals surface area (Å²) in [5, 5.41) is 11.7. The van der Waals surface area contributed by atoms with Crippen LogP contribution in [0.3, 0.4) is 0 Å². The van der Waals surface area contributed by atoms with Crippen molar-refractivity contribution in [2.24, 2.45) is 17.1 Å². The minimum atomic E-state index is -0.916. The van der Waals surface area contributed by atoms with Crippen LogP contribution in [0, 0.1) is 11.3 Å². The van der Waals surface area contributed by atoms with Gasteiger partial charge >= 0.3 is 5.97 Å². The number of aliphatic carboxylic acids is 1. The third-order valence-corrected chi connectivity index (χ3v) is 3.43. The molecule has 0 bridgehead atoms. The van der Waals surface area contributed by atoms with E-state index in [1.807, 2.05) is 0 Å². The molecule has 0 saturated heterocycles. The number of carboxylic acids is 1. The van der Waals surface area contributed by atoms with Crippen LogP contribution in [-0.2, 0) is 9.59 Å². The van der Waals surface area contributed by atoms with Gasteiger partial charge in [0.2, 0.25) is 5.91 Å². The third-order valence-electron chi connectivity index (χ3n) is 3.43. The molecule has 1 rings (SSSR count). The second-order valence-corrected chi connectivity index (χ2v) is 5.52. The van der Waals surface area contributed by atoms with Gasteiger partial charge < -0.3 is 16.2 Å². The van der Waals surface area contributed by atoms with Gasteiger partial charge in [-0.25, -0.2) is 0 Å². The Kier molecular flexibility index (Phi) is 4.51. The zero-order chi connectivity index (χ0) is 13.1. The topological polar surface area (TPSA) is 92.4 Å². The second-order valence-electron chi connectivity index (χ2n) is 5.52. The molecule has 1 aliphatic carbocycles. The fourth-order valence-corrected chi connectivity index (χ4v) is 1.91. The fraction of sp³-hybridized carbons (Fsp3) is 0.833. The molecule has 5 heteroatoms. The zero-order valence-electron chi connectivity index (χ0n) is 10.5. The molecule has 0 aliphatic heterocycles. The Labute approximate surface area is 102 Å². The quantitative estimate of drug-likeness (QED) is 0.677. The summed E-state index contributed by atoms with van der Waals surface area (Å²) >= 11 is 0. The standard InChI is InChI=1S/C12H22N2O3/c1-12(2,11(16)17)7-14-10(15)8-3-5-9(13)6-4-8/h8-9H,3-7,13H2,1-2H3,(H,14,15)(H,16,17). The highest BCUT2D eigenvalue weighted by atomic mass is 16.4. The summed E-state index contributed by atoms with van der Waals surface area (Å²) in [4.78, 5) is 22.7. The van der Waals surface area contributed by atoms with Crippen molar-refractivity contribution in [3.8, 4) is 0 Å². The molecule has 0 heterocycles. The number of amides is 1. The number of carboxylic acid groups (broad SMARTS) is 1. The van der Waals surface area contributed by atoms with Crippen LogP contribution in [-0.4, -0.2) is 29.6 Å². The molecule has 1 saturated carbocycles. The van der Waals surface area contributed by atoms with E-state index in [9.17, 15) is 9.59 Å². The highest BCUT2D eigenvalue weighted by Crippen LogP contribution is 2.23. The van der Waals surface area contributed by atoms with E-state index in [4.69, 9.17) is 10.8 Å². The van der Waals surface area contributed by atoms with E-state index in [2.05, 4.69) is 5.32 Å². The van der Waals surface area contributed by atoms with E-state index in [0.29, 0.717) is 0 Å². The van der Waals surface area contributed by atoms with Crippen LogP contribution in [0.15, 0.2) is 0 Å². The van der Waals surface area contributed by atoms with E-state index in [1.165, 1.54) is 0 Å². The molecule has 0 radical (unpaired) electrons. The largest absolute Gasteiger partial charge is 0.481 e. The maximum absolute atomic E-state index is 11.8. The average Bonchev–Trinajstić information content (AvgIpc) is 2.27. The second kappa shape index (κ2) is 5.49. The van der Waals surface area contributed by atoms with Crippen molar-refractivity contribution in [2.75, 3.05) is 6.54 Å². The molecule has 1 amide bonds. The first kappa shape index (κ1) is 14.0. The van der Waals surface area contributed by atoms with Crippen LogP contribution in [0.25, 0.3) is 0 Å². The van der Waals surface area contributed by atoms with Crippen molar-refractivity contribution in [3.05, 3.63) is 0 Å².